The number of ether oxygens (including phenoxy) is 1. The van der Waals surface area contributed by atoms with E-state index >= 15 is 0 Å². The highest BCUT2D eigenvalue weighted by Crippen LogP contribution is 2.31. The van der Waals surface area contributed by atoms with Crippen LogP contribution in [0.3, 0.4) is 0 Å². The molecule has 1 aromatic carbocycles. The molecule has 21 heavy (non-hydrogen) atoms. The summed E-state index contributed by atoms with van der Waals surface area (Å²) in [6.07, 6.45) is 0. The molecular weight excluding hydrogens is 284 g/mol. The fourth-order valence-electron chi connectivity index (χ4n) is 2.51. The summed E-state index contributed by atoms with van der Waals surface area (Å²) in [5, 5.41) is 14.7. The van der Waals surface area contributed by atoms with E-state index in [4.69, 9.17) is 4.74 Å². The first-order valence-electron chi connectivity index (χ1n) is 6.99. The Hall–Kier alpha value is -1.59. The zero-order chi connectivity index (χ0) is 15.6. The summed E-state index contributed by atoms with van der Waals surface area (Å²) >= 11 is 1.71. The molecule has 1 heterocycles. The first-order valence-corrected chi connectivity index (χ1v) is 7.81. The highest BCUT2D eigenvalue weighted by molar-refractivity contribution is 7.11. The molecule has 0 saturated carbocycles. The Morgan fingerprint density at radius 2 is 1.95 bits per heavy atom. The second kappa shape index (κ2) is 6.45. The van der Waals surface area contributed by atoms with Gasteiger partial charge in [0, 0.05) is 28.6 Å². The van der Waals surface area contributed by atoms with Gasteiger partial charge in [-0.1, -0.05) is 6.07 Å². The maximum Gasteiger partial charge on any atom is 0.124 e. The maximum absolute atomic E-state index is 10.1. The van der Waals surface area contributed by atoms with Crippen LogP contribution in [0.2, 0.25) is 0 Å². The summed E-state index contributed by atoms with van der Waals surface area (Å²) in [5.41, 5.74) is 1.94. The largest absolute Gasteiger partial charge is 0.507 e. The minimum Gasteiger partial charge on any atom is -0.507 e. The summed E-state index contributed by atoms with van der Waals surface area (Å²) in [7, 11) is 1.59. The van der Waals surface area contributed by atoms with Gasteiger partial charge in [0.2, 0.25) is 0 Å². The van der Waals surface area contributed by atoms with Crippen LogP contribution in [0, 0.1) is 13.8 Å². The van der Waals surface area contributed by atoms with Gasteiger partial charge >= 0.3 is 0 Å². The van der Waals surface area contributed by atoms with Crippen LogP contribution in [-0.2, 0) is 0 Å². The molecule has 0 amide bonds. The van der Waals surface area contributed by atoms with E-state index in [2.05, 4.69) is 17.2 Å². The lowest BCUT2D eigenvalue weighted by Crippen LogP contribution is -2.22. The minimum atomic E-state index is 0.0349. The van der Waals surface area contributed by atoms with Crippen LogP contribution in [0.25, 0.3) is 0 Å². The molecule has 0 bridgehead atoms. The Balaban J connectivity index is 2.14. The first-order chi connectivity index (χ1) is 9.92. The Bertz CT molecular complexity index is 625. The van der Waals surface area contributed by atoms with E-state index in [1.165, 1.54) is 4.88 Å². The van der Waals surface area contributed by atoms with Crippen LogP contribution in [-0.4, -0.2) is 17.2 Å². The lowest BCUT2D eigenvalue weighted by Gasteiger charge is -2.21. The molecule has 0 aliphatic rings. The van der Waals surface area contributed by atoms with Crippen molar-refractivity contribution >= 4 is 11.3 Å². The number of hydrogen-bond acceptors (Lipinski definition) is 5. The van der Waals surface area contributed by atoms with E-state index in [1.807, 2.05) is 32.9 Å². The summed E-state index contributed by atoms with van der Waals surface area (Å²) in [6.45, 7) is 8.22. The summed E-state index contributed by atoms with van der Waals surface area (Å²) in [6, 6.07) is 5.62. The molecule has 0 aliphatic heterocycles. The van der Waals surface area contributed by atoms with Crippen molar-refractivity contribution in [2.24, 2.45) is 0 Å². The zero-order valence-corrected chi connectivity index (χ0v) is 13.9. The molecule has 4 nitrogen and oxygen atoms in total. The molecular formula is C16H22N2O2S. The number of nitrogens with zero attached hydrogens (tertiary/aromatic N) is 1. The van der Waals surface area contributed by atoms with Crippen LogP contribution in [0.5, 0.6) is 11.5 Å². The molecule has 0 saturated heterocycles. The number of methoxy groups -OCH3 is 1. The third kappa shape index (κ3) is 3.54. The molecule has 5 heteroatoms. The zero-order valence-electron chi connectivity index (χ0n) is 13.1. The summed E-state index contributed by atoms with van der Waals surface area (Å²) in [5.74, 6) is 0.907. The fraction of sp³-hybridized carbons (Fsp3) is 0.438. The number of phenols is 1. The van der Waals surface area contributed by atoms with Crippen molar-refractivity contribution in [3.8, 4) is 11.5 Å². The Labute approximate surface area is 129 Å². The topological polar surface area (TPSA) is 54.4 Å². The van der Waals surface area contributed by atoms with Crippen LogP contribution in [0.1, 0.15) is 47.1 Å². The Morgan fingerprint density at radius 1 is 1.24 bits per heavy atom. The summed E-state index contributed by atoms with van der Waals surface area (Å²) < 4.78 is 5.11. The molecule has 2 unspecified atom stereocenters. The average molecular weight is 306 g/mol. The number of rotatable bonds is 5. The van der Waals surface area contributed by atoms with Crippen molar-refractivity contribution in [3.05, 3.63) is 39.3 Å². The van der Waals surface area contributed by atoms with E-state index in [0.717, 1.165) is 16.3 Å². The van der Waals surface area contributed by atoms with Gasteiger partial charge in [-0.25, -0.2) is 4.98 Å². The lowest BCUT2D eigenvalue weighted by molar-refractivity contribution is 0.402. The van der Waals surface area contributed by atoms with Crippen molar-refractivity contribution in [1.29, 1.82) is 0 Å². The predicted octanol–water partition coefficient (Wildman–Crippen LogP) is 3.89. The van der Waals surface area contributed by atoms with Gasteiger partial charge in [-0.05, 0) is 33.8 Å². The second-order valence-corrected chi connectivity index (χ2v) is 6.45. The lowest BCUT2D eigenvalue weighted by atomic mass is 10.1. The van der Waals surface area contributed by atoms with Crippen LogP contribution in [0.15, 0.2) is 18.2 Å². The normalized spacial score (nSPS) is 14.0. The smallest absolute Gasteiger partial charge is 0.124 e. The van der Waals surface area contributed by atoms with E-state index in [9.17, 15) is 5.11 Å². The standard InChI is InChI=1S/C16H22N2O2S/c1-9(14-7-6-13(20-5)8-15(14)19)17-10(2)16-11(3)18-12(4)21-16/h6-10,17,19H,1-5H3. The average Bonchev–Trinajstić information content (AvgIpc) is 2.77. The molecule has 1 aromatic heterocycles. The van der Waals surface area contributed by atoms with Crippen LogP contribution >= 0.6 is 11.3 Å². The van der Waals surface area contributed by atoms with Crippen LogP contribution in [0.4, 0.5) is 0 Å². The number of nitrogens with one attached hydrogen (secondary N) is 1. The first kappa shape index (κ1) is 15.8. The molecule has 0 fully saturated rings. The van der Waals surface area contributed by atoms with E-state index < -0.39 is 0 Å². The SMILES string of the molecule is COc1ccc(C(C)NC(C)c2sc(C)nc2C)c(O)c1. The second-order valence-electron chi connectivity index (χ2n) is 5.22. The molecule has 2 atom stereocenters. The van der Waals surface area contributed by atoms with Crippen molar-refractivity contribution in [2.45, 2.75) is 39.8 Å². The number of aryl methyl sites for hydroxylation is 2. The van der Waals surface area contributed by atoms with E-state index in [1.54, 1.807) is 24.5 Å². The highest BCUT2D eigenvalue weighted by Gasteiger charge is 2.18. The van der Waals surface area contributed by atoms with Gasteiger partial charge in [0.1, 0.15) is 11.5 Å². The van der Waals surface area contributed by atoms with Gasteiger partial charge in [0.15, 0.2) is 0 Å². The number of benzene rings is 1. The maximum atomic E-state index is 10.1. The molecule has 0 spiro atoms. The van der Waals surface area contributed by atoms with Gasteiger partial charge < -0.3 is 15.2 Å². The highest BCUT2D eigenvalue weighted by atomic mass is 32.1. The van der Waals surface area contributed by atoms with Gasteiger partial charge in [0.05, 0.1) is 17.8 Å². The van der Waals surface area contributed by atoms with Gasteiger partial charge in [-0.15, -0.1) is 11.3 Å². The third-order valence-electron chi connectivity index (χ3n) is 3.54. The molecule has 2 aromatic rings. The number of phenolic OH excluding ortho intramolecular Hbond substituents is 1. The van der Waals surface area contributed by atoms with Gasteiger partial charge in [-0.3, -0.25) is 0 Å². The number of aromatic hydroxyl groups is 1. The van der Waals surface area contributed by atoms with Crippen molar-refractivity contribution in [3.63, 3.8) is 0 Å². The van der Waals surface area contributed by atoms with Gasteiger partial charge in [0.25, 0.3) is 0 Å². The Morgan fingerprint density at radius 3 is 2.48 bits per heavy atom. The number of hydrogen-bond donors (Lipinski definition) is 2. The number of aromatic nitrogens is 1. The van der Waals surface area contributed by atoms with E-state index in [-0.39, 0.29) is 17.8 Å². The molecule has 0 aliphatic carbocycles. The quantitative estimate of drug-likeness (QED) is 0.880. The molecule has 2 N–H and O–H groups in total. The number of thiazole rings is 1. The third-order valence-corrected chi connectivity index (χ3v) is 4.79. The fourth-order valence-corrected chi connectivity index (χ4v) is 3.44. The van der Waals surface area contributed by atoms with Crippen LogP contribution < -0.4 is 10.1 Å². The summed E-state index contributed by atoms with van der Waals surface area (Å²) in [4.78, 5) is 5.71. The Kier molecular flexibility index (Phi) is 4.85. The molecule has 114 valence electrons. The van der Waals surface area contributed by atoms with Crippen molar-refractivity contribution in [2.75, 3.05) is 7.11 Å². The predicted molar refractivity (Wildman–Crippen MR) is 86.2 cm³/mol. The van der Waals surface area contributed by atoms with Crippen molar-refractivity contribution in [1.82, 2.24) is 10.3 Å². The molecule has 0 radical (unpaired) electrons. The van der Waals surface area contributed by atoms with Gasteiger partial charge in [-0.2, -0.15) is 0 Å². The minimum absolute atomic E-state index is 0.0349. The van der Waals surface area contributed by atoms with Crippen molar-refractivity contribution < 1.29 is 9.84 Å². The van der Waals surface area contributed by atoms with E-state index in [0.29, 0.717) is 5.75 Å². The molecule has 2 rings (SSSR count). The monoisotopic (exact) mass is 306 g/mol.